The summed E-state index contributed by atoms with van der Waals surface area (Å²) in [5.41, 5.74) is 3.86. The van der Waals surface area contributed by atoms with Gasteiger partial charge in [0, 0.05) is 18.3 Å². The van der Waals surface area contributed by atoms with E-state index >= 15 is 0 Å². The number of aromatic nitrogens is 2. The highest BCUT2D eigenvalue weighted by molar-refractivity contribution is 5.59. The zero-order chi connectivity index (χ0) is 14.8. The largest absolute Gasteiger partial charge is 0.297 e. The second-order valence-corrected chi connectivity index (χ2v) is 6.30. The van der Waals surface area contributed by atoms with Gasteiger partial charge in [-0.15, -0.1) is 0 Å². The summed E-state index contributed by atoms with van der Waals surface area (Å²) < 4.78 is 2.08. The zero-order valence-corrected chi connectivity index (χ0v) is 13.3. The van der Waals surface area contributed by atoms with Gasteiger partial charge in [0.2, 0.25) is 0 Å². The lowest BCUT2D eigenvalue weighted by atomic mass is 10.0. The molecule has 1 saturated heterocycles. The SMILES string of the molecule is CC(C)n1nccc1-c1ccc([C@@H](C)N2CCCC2)cc1. The lowest BCUT2D eigenvalue weighted by Gasteiger charge is -2.24. The van der Waals surface area contributed by atoms with E-state index < -0.39 is 0 Å². The van der Waals surface area contributed by atoms with E-state index in [2.05, 4.69) is 65.8 Å². The maximum atomic E-state index is 4.42. The summed E-state index contributed by atoms with van der Waals surface area (Å²) in [7, 11) is 0. The van der Waals surface area contributed by atoms with Gasteiger partial charge in [0.15, 0.2) is 0 Å². The van der Waals surface area contributed by atoms with Crippen LogP contribution in [0.5, 0.6) is 0 Å². The molecule has 0 unspecified atom stereocenters. The monoisotopic (exact) mass is 283 g/mol. The molecule has 2 aromatic rings. The van der Waals surface area contributed by atoms with Crippen molar-refractivity contribution in [3.05, 3.63) is 42.1 Å². The molecule has 21 heavy (non-hydrogen) atoms. The number of benzene rings is 1. The smallest absolute Gasteiger partial charge is 0.0685 e. The first kappa shape index (κ1) is 14.3. The first-order valence-corrected chi connectivity index (χ1v) is 8.04. The Kier molecular flexibility index (Phi) is 4.11. The Morgan fingerprint density at radius 3 is 2.24 bits per heavy atom. The maximum absolute atomic E-state index is 4.42. The average molecular weight is 283 g/mol. The Labute approximate surface area is 127 Å². The van der Waals surface area contributed by atoms with Crippen molar-refractivity contribution in [2.24, 2.45) is 0 Å². The van der Waals surface area contributed by atoms with Crippen LogP contribution in [0.15, 0.2) is 36.5 Å². The molecule has 2 heterocycles. The van der Waals surface area contributed by atoms with Crippen LogP contribution in [0.1, 0.15) is 51.3 Å². The minimum atomic E-state index is 0.387. The van der Waals surface area contributed by atoms with Crippen molar-refractivity contribution >= 4 is 0 Å². The van der Waals surface area contributed by atoms with Gasteiger partial charge < -0.3 is 0 Å². The van der Waals surface area contributed by atoms with Crippen molar-refractivity contribution in [1.29, 1.82) is 0 Å². The first-order valence-electron chi connectivity index (χ1n) is 8.04. The Bertz CT molecular complexity index is 577. The minimum Gasteiger partial charge on any atom is -0.297 e. The standard InChI is InChI=1S/C18H25N3/c1-14(2)21-18(10-11-19-21)17-8-6-16(7-9-17)15(3)20-12-4-5-13-20/h6-11,14-15H,4-5,12-13H2,1-3H3/t15-/m1/s1. The summed E-state index contributed by atoms with van der Waals surface area (Å²) in [5.74, 6) is 0. The molecule has 112 valence electrons. The Hall–Kier alpha value is -1.61. The summed E-state index contributed by atoms with van der Waals surface area (Å²) in [6, 6.07) is 12.0. The van der Waals surface area contributed by atoms with Crippen LogP contribution in [-0.2, 0) is 0 Å². The second kappa shape index (κ2) is 6.02. The molecule has 1 aliphatic heterocycles. The van der Waals surface area contributed by atoms with Gasteiger partial charge in [-0.1, -0.05) is 24.3 Å². The number of likely N-dealkylation sites (tertiary alicyclic amines) is 1. The van der Waals surface area contributed by atoms with Crippen molar-refractivity contribution in [3.8, 4) is 11.3 Å². The maximum Gasteiger partial charge on any atom is 0.0685 e. The molecule has 0 bridgehead atoms. The van der Waals surface area contributed by atoms with Gasteiger partial charge in [0.1, 0.15) is 0 Å². The molecule has 3 nitrogen and oxygen atoms in total. The normalized spacial score (nSPS) is 17.5. The number of hydrogen-bond donors (Lipinski definition) is 0. The fraction of sp³-hybridized carbons (Fsp3) is 0.500. The molecule has 0 amide bonds. The van der Waals surface area contributed by atoms with Crippen LogP contribution < -0.4 is 0 Å². The minimum absolute atomic E-state index is 0.387. The van der Waals surface area contributed by atoms with Gasteiger partial charge in [0.05, 0.1) is 5.69 Å². The number of rotatable bonds is 4. The molecule has 0 aliphatic carbocycles. The van der Waals surface area contributed by atoms with Crippen molar-refractivity contribution in [2.45, 2.75) is 45.7 Å². The molecule has 1 aromatic carbocycles. The van der Waals surface area contributed by atoms with Crippen LogP contribution >= 0.6 is 0 Å². The van der Waals surface area contributed by atoms with E-state index in [1.807, 2.05) is 6.20 Å². The summed E-state index contributed by atoms with van der Waals surface area (Å²) in [5, 5.41) is 4.42. The van der Waals surface area contributed by atoms with E-state index in [4.69, 9.17) is 0 Å². The number of hydrogen-bond acceptors (Lipinski definition) is 2. The molecule has 3 heteroatoms. The van der Waals surface area contributed by atoms with Gasteiger partial charge >= 0.3 is 0 Å². The summed E-state index contributed by atoms with van der Waals surface area (Å²) >= 11 is 0. The molecular formula is C18H25N3. The molecule has 0 radical (unpaired) electrons. The third-order valence-electron chi connectivity index (χ3n) is 4.54. The fourth-order valence-electron chi connectivity index (χ4n) is 3.23. The Morgan fingerprint density at radius 1 is 0.952 bits per heavy atom. The van der Waals surface area contributed by atoms with E-state index in [-0.39, 0.29) is 0 Å². The van der Waals surface area contributed by atoms with E-state index in [1.54, 1.807) is 0 Å². The molecule has 0 N–H and O–H groups in total. The first-order chi connectivity index (χ1) is 10.2. The van der Waals surface area contributed by atoms with Crippen molar-refractivity contribution in [1.82, 2.24) is 14.7 Å². The Morgan fingerprint density at radius 2 is 1.62 bits per heavy atom. The molecule has 1 aliphatic rings. The van der Waals surface area contributed by atoms with Gasteiger partial charge in [-0.05, 0) is 63.9 Å². The van der Waals surface area contributed by atoms with Crippen LogP contribution in [0, 0.1) is 0 Å². The predicted octanol–water partition coefficient (Wildman–Crippen LogP) is 4.29. The van der Waals surface area contributed by atoms with Gasteiger partial charge in [-0.2, -0.15) is 5.10 Å². The molecule has 0 spiro atoms. The summed E-state index contributed by atoms with van der Waals surface area (Å²) in [4.78, 5) is 2.58. The van der Waals surface area contributed by atoms with Crippen LogP contribution in [0.4, 0.5) is 0 Å². The van der Waals surface area contributed by atoms with E-state index in [0.29, 0.717) is 12.1 Å². The number of nitrogens with zero attached hydrogens (tertiary/aromatic N) is 3. The molecule has 1 fully saturated rings. The fourth-order valence-corrected chi connectivity index (χ4v) is 3.23. The van der Waals surface area contributed by atoms with Crippen molar-refractivity contribution in [3.63, 3.8) is 0 Å². The van der Waals surface area contributed by atoms with E-state index in [9.17, 15) is 0 Å². The highest BCUT2D eigenvalue weighted by atomic mass is 15.3. The molecular weight excluding hydrogens is 258 g/mol. The van der Waals surface area contributed by atoms with Crippen LogP contribution in [0.3, 0.4) is 0 Å². The van der Waals surface area contributed by atoms with Crippen molar-refractivity contribution < 1.29 is 0 Å². The quantitative estimate of drug-likeness (QED) is 0.834. The Balaban J connectivity index is 1.82. The topological polar surface area (TPSA) is 21.1 Å². The van der Waals surface area contributed by atoms with Crippen LogP contribution in [0.25, 0.3) is 11.3 Å². The lowest BCUT2D eigenvalue weighted by molar-refractivity contribution is 0.263. The lowest BCUT2D eigenvalue weighted by Crippen LogP contribution is -2.23. The second-order valence-electron chi connectivity index (χ2n) is 6.30. The zero-order valence-electron chi connectivity index (χ0n) is 13.3. The van der Waals surface area contributed by atoms with Gasteiger partial charge in [-0.3, -0.25) is 9.58 Å². The summed E-state index contributed by atoms with van der Waals surface area (Å²) in [6.45, 7) is 9.13. The molecule has 1 atom stereocenters. The van der Waals surface area contributed by atoms with Crippen molar-refractivity contribution in [2.75, 3.05) is 13.1 Å². The molecule has 0 saturated carbocycles. The highest BCUT2D eigenvalue weighted by Gasteiger charge is 2.19. The highest BCUT2D eigenvalue weighted by Crippen LogP contribution is 2.27. The van der Waals surface area contributed by atoms with Gasteiger partial charge in [-0.25, -0.2) is 0 Å². The van der Waals surface area contributed by atoms with Crippen LogP contribution in [0.2, 0.25) is 0 Å². The third kappa shape index (κ3) is 2.88. The molecule has 1 aromatic heterocycles. The van der Waals surface area contributed by atoms with E-state index in [1.165, 1.54) is 42.8 Å². The van der Waals surface area contributed by atoms with Crippen LogP contribution in [-0.4, -0.2) is 27.8 Å². The third-order valence-corrected chi connectivity index (χ3v) is 4.54. The predicted molar refractivity (Wildman–Crippen MR) is 87.3 cm³/mol. The molecule has 3 rings (SSSR count). The summed E-state index contributed by atoms with van der Waals surface area (Å²) in [6.07, 6.45) is 4.57. The average Bonchev–Trinajstić information content (AvgIpc) is 3.18. The van der Waals surface area contributed by atoms with E-state index in [0.717, 1.165) is 0 Å². The van der Waals surface area contributed by atoms with Gasteiger partial charge in [0.25, 0.3) is 0 Å².